The highest BCUT2D eigenvalue weighted by Crippen LogP contribution is 2.28. The minimum Gasteiger partial charge on any atom is -0.508 e. The van der Waals surface area contributed by atoms with Gasteiger partial charge in [0.1, 0.15) is 11.6 Å². The largest absolute Gasteiger partial charge is 0.508 e. The molecule has 2 heteroatoms. The molecule has 0 aromatic heterocycles. The first kappa shape index (κ1) is 9.71. The van der Waals surface area contributed by atoms with Crippen molar-refractivity contribution in [3.8, 4) is 16.9 Å². The highest BCUT2D eigenvalue weighted by Gasteiger charge is 2.07. The molecular weight excluding hydrogens is 191 g/mol. The summed E-state index contributed by atoms with van der Waals surface area (Å²) < 4.78 is 13.6. The summed E-state index contributed by atoms with van der Waals surface area (Å²) in [5.41, 5.74) is 1.75. The van der Waals surface area contributed by atoms with Crippen molar-refractivity contribution in [1.82, 2.24) is 0 Å². The van der Waals surface area contributed by atoms with E-state index in [4.69, 9.17) is 0 Å². The van der Waals surface area contributed by atoms with Crippen LogP contribution in [0.1, 0.15) is 5.56 Å². The summed E-state index contributed by atoms with van der Waals surface area (Å²) in [6.45, 7) is 1.67. The van der Waals surface area contributed by atoms with Gasteiger partial charge in [-0.3, -0.25) is 0 Å². The molecule has 0 saturated heterocycles. The quantitative estimate of drug-likeness (QED) is 0.750. The molecule has 0 radical (unpaired) electrons. The summed E-state index contributed by atoms with van der Waals surface area (Å²) in [4.78, 5) is 0. The zero-order valence-electron chi connectivity index (χ0n) is 8.37. The SMILES string of the molecule is Cc1cc(F)c(-c2ccccc2)cc1O. The van der Waals surface area contributed by atoms with Gasteiger partial charge in [-0.2, -0.15) is 0 Å². The Morgan fingerprint density at radius 1 is 1.07 bits per heavy atom. The molecule has 0 saturated carbocycles. The molecule has 0 heterocycles. The number of aromatic hydroxyl groups is 1. The summed E-state index contributed by atoms with van der Waals surface area (Å²) in [6.07, 6.45) is 0. The van der Waals surface area contributed by atoms with Crippen LogP contribution in [0.3, 0.4) is 0 Å². The number of rotatable bonds is 1. The predicted molar refractivity (Wildman–Crippen MR) is 58.2 cm³/mol. The van der Waals surface area contributed by atoms with Crippen LogP contribution < -0.4 is 0 Å². The molecule has 15 heavy (non-hydrogen) atoms. The minimum absolute atomic E-state index is 0.121. The molecular formula is C13H11FO. The Balaban J connectivity index is 2.59. The summed E-state index contributed by atoms with van der Waals surface area (Å²) >= 11 is 0. The Morgan fingerprint density at radius 3 is 2.40 bits per heavy atom. The van der Waals surface area contributed by atoms with Crippen molar-refractivity contribution in [2.75, 3.05) is 0 Å². The van der Waals surface area contributed by atoms with Crippen LogP contribution in [0.2, 0.25) is 0 Å². The lowest BCUT2D eigenvalue weighted by Crippen LogP contribution is -1.86. The van der Waals surface area contributed by atoms with Crippen LogP contribution in [0.15, 0.2) is 42.5 Å². The molecule has 2 rings (SSSR count). The van der Waals surface area contributed by atoms with Gasteiger partial charge in [-0.1, -0.05) is 30.3 Å². The molecule has 0 fully saturated rings. The third-order valence-electron chi connectivity index (χ3n) is 2.37. The second-order valence-electron chi connectivity index (χ2n) is 3.48. The van der Waals surface area contributed by atoms with Crippen LogP contribution >= 0.6 is 0 Å². The van der Waals surface area contributed by atoms with Gasteiger partial charge in [0.25, 0.3) is 0 Å². The lowest BCUT2D eigenvalue weighted by Gasteiger charge is -2.06. The second kappa shape index (κ2) is 3.73. The Hall–Kier alpha value is -1.83. The van der Waals surface area contributed by atoms with E-state index in [1.54, 1.807) is 6.92 Å². The first-order valence-corrected chi connectivity index (χ1v) is 4.73. The van der Waals surface area contributed by atoms with Crippen LogP contribution in [0.4, 0.5) is 4.39 Å². The fourth-order valence-electron chi connectivity index (χ4n) is 1.50. The zero-order valence-corrected chi connectivity index (χ0v) is 8.37. The number of phenols is 1. The highest BCUT2D eigenvalue weighted by atomic mass is 19.1. The second-order valence-corrected chi connectivity index (χ2v) is 3.48. The maximum absolute atomic E-state index is 13.6. The van der Waals surface area contributed by atoms with Gasteiger partial charge in [0.05, 0.1) is 0 Å². The van der Waals surface area contributed by atoms with Crippen molar-refractivity contribution in [1.29, 1.82) is 0 Å². The van der Waals surface area contributed by atoms with Gasteiger partial charge in [0, 0.05) is 5.56 Å². The number of aryl methyl sites for hydroxylation is 1. The van der Waals surface area contributed by atoms with E-state index < -0.39 is 0 Å². The lowest BCUT2D eigenvalue weighted by atomic mass is 10.0. The first-order valence-electron chi connectivity index (χ1n) is 4.73. The number of benzene rings is 2. The lowest BCUT2D eigenvalue weighted by molar-refractivity contribution is 0.469. The van der Waals surface area contributed by atoms with Crippen LogP contribution in [0, 0.1) is 12.7 Å². The molecule has 2 aromatic carbocycles. The van der Waals surface area contributed by atoms with Crippen LogP contribution in [-0.2, 0) is 0 Å². The van der Waals surface area contributed by atoms with Crippen LogP contribution in [-0.4, -0.2) is 5.11 Å². The average molecular weight is 202 g/mol. The molecule has 0 aliphatic heterocycles. The van der Waals surface area contributed by atoms with E-state index in [0.717, 1.165) is 5.56 Å². The van der Waals surface area contributed by atoms with E-state index in [1.807, 2.05) is 30.3 Å². The molecule has 1 N–H and O–H groups in total. The molecule has 0 amide bonds. The van der Waals surface area contributed by atoms with E-state index in [9.17, 15) is 9.50 Å². The van der Waals surface area contributed by atoms with Gasteiger partial charge < -0.3 is 5.11 Å². The smallest absolute Gasteiger partial charge is 0.131 e. The van der Waals surface area contributed by atoms with E-state index in [2.05, 4.69) is 0 Å². The van der Waals surface area contributed by atoms with Crippen molar-refractivity contribution < 1.29 is 9.50 Å². The molecule has 0 aliphatic rings. The van der Waals surface area contributed by atoms with Gasteiger partial charge in [-0.15, -0.1) is 0 Å². The van der Waals surface area contributed by atoms with Gasteiger partial charge >= 0.3 is 0 Å². The third kappa shape index (κ3) is 1.84. The maximum atomic E-state index is 13.6. The molecule has 0 atom stereocenters. The number of halogens is 1. The Morgan fingerprint density at radius 2 is 1.73 bits per heavy atom. The van der Waals surface area contributed by atoms with E-state index >= 15 is 0 Å². The predicted octanol–water partition coefficient (Wildman–Crippen LogP) is 3.51. The third-order valence-corrected chi connectivity index (χ3v) is 2.37. The van der Waals surface area contributed by atoms with Gasteiger partial charge in [-0.25, -0.2) is 4.39 Å². The van der Waals surface area contributed by atoms with Crippen LogP contribution in [0.25, 0.3) is 11.1 Å². The van der Waals surface area contributed by atoms with Crippen molar-refractivity contribution in [2.45, 2.75) is 6.92 Å². The summed E-state index contributed by atoms with van der Waals surface area (Å²) in [5.74, 6) is -0.188. The highest BCUT2D eigenvalue weighted by molar-refractivity contribution is 5.66. The summed E-state index contributed by atoms with van der Waals surface area (Å²) in [6, 6.07) is 12.0. The molecule has 0 spiro atoms. The number of hydrogen-bond donors (Lipinski definition) is 1. The van der Waals surface area contributed by atoms with Gasteiger partial charge in [0.2, 0.25) is 0 Å². The monoisotopic (exact) mass is 202 g/mol. The normalized spacial score (nSPS) is 10.3. The van der Waals surface area contributed by atoms with E-state index in [-0.39, 0.29) is 11.6 Å². The molecule has 2 aromatic rings. The molecule has 0 bridgehead atoms. The van der Waals surface area contributed by atoms with Crippen molar-refractivity contribution in [2.24, 2.45) is 0 Å². The number of hydrogen-bond acceptors (Lipinski definition) is 1. The van der Waals surface area contributed by atoms with Crippen molar-refractivity contribution >= 4 is 0 Å². The minimum atomic E-state index is -0.309. The molecule has 76 valence electrons. The molecule has 0 unspecified atom stereocenters. The first-order chi connectivity index (χ1) is 7.18. The standard InChI is InChI=1S/C13H11FO/c1-9-7-12(14)11(8-13(9)15)10-5-3-2-4-6-10/h2-8,15H,1H3. The maximum Gasteiger partial charge on any atom is 0.131 e. The number of phenolic OH excluding ortho intramolecular Hbond substituents is 1. The van der Waals surface area contributed by atoms with E-state index in [1.165, 1.54) is 12.1 Å². The average Bonchev–Trinajstić information content (AvgIpc) is 2.25. The fourth-order valence-corrected chi connectivity index (χ4v) is 1.50. The Labute approximate surface area is 87.8 Å². The van der Waals surface area contributed by atoms with Gasteiger partial charge in [-0.05, 0) is 30.2 Å². The summed E-state index contributed by atoms with van der Waals surface area (Å²) in [5, 5.41) is 9.52. The fraction of sp³-hybridized carbons (Fsp3) is 0.0769. The molecule has 1 nitrogen and oxygen atoms in total. The van der Waals surface area contributed by atoms with Crippen LogP contribution in [0.5, 0.6) is 5.75 Å². The van der Waals surface area contributed by atoms with E-state index in [0.29, 0.717) is 11.1 Å². The molecule has 0 aliphatic carbocycles. The topological polar surface area (TPSA) is 20.2 Å². The zero-order chi connectivity index (χ0) is 10.8. The van der Waals surface area contributed by atoms with Gasteiger partial charge in [0.15, 0.2) is 0 Å². The Bertz CT molecular complexity index is 477. The van der Waals surface area contributed by atoms with Crippen molar-refractivity contribution in [3.05, 3.63) is 53.8 Å². The Kier molecular flexibility index (Phi) is 2.42. The van der Waals surface area contributed by atoms with Crippen molar-refractivity contribution in [3.63, 3.8) is 0 Å². The summed E-state index contributed by atoms with van der Waals surface area (Å²) in [7, 11) is 0.